The van der Waals surface area contributed by atoms with E-state index in [0.717, 1.165) is 43.0 Å². The summed E-state index contributed by atoms with van der Waals surface area (Å²) >= 11 is 0. The molecule has 3 nitrogen and oxygen atoms in total. The fourth-order valence-corrected chi connectivity index (χ4v) is 2.16. The van der Waals surface area contributed by atoms with Gasteiger partial charge in [0.05, 0.1) is 6.61 Å². The SMILES string of the molecule is CCCOc1cc(N)cc(N(C)C(CC)CC)c1. The highest BCUT2D eigenvalue weighted by Gasteiger charge is 2.12. The van der Waals surface area contributed by atoms with Crippen molar-refractivity contribution in [3.63, 3.8) is 0 Å². The van der Waals surface area contributed by atoms with Crippen molar-refractivity contribution in [3.8, 4) is 5.75 Å². The van der Waals surface area contributed by atoms with Crippen LogP contribution in [0.25, 0.3) is 0 Å². The number of benzene rings is 1. The first kappa shape index (κ1) is 14.7. The average Bonchev–Trinajstić information content (AvgIpc) is 2.37. The Hall–Kier alpha value is -1.38. The molecule has 102 valence electrons. The summed E-state index contributed by atoms with van der Waals surface area (Å²) in [5.41, 5.74) is 7.84. The van der Waals surface area contributed by atoms with Crippen LogP contribution >= 0.6 is 0 Å². The van der Waals surface area contributed by atoms with Crippen molar-refractivity contribution in [1.82, 2.24) is 0 Å². The molecule has 1 aromatic rings. The zero-order chi connectivity index (χ0) is 13.5. The number of hydrogen-bond donors (Lipinski definition) is 1. The van der Waals surface area contributed by atoms with Crippen LogP contribution in [-0.2, 0) is 0 Å². The summed E-state index contributed by atoms with van der Waals surface area (Å²) in [4.78, 5) is 2.29. The summed E-state index contributed by atoms with van der Waals surface area (Å²) in [5, 5.41) is 0. The van der Waals surface area contributed by atoms with Crippen molar-refractivity contribution in [3.05, 3.63) is 18.2 Å². The molecule has 0 spiro atoms. The largest absolute Gasteiger partial charge is 0.493 e. The molecular formula is C15H26N2O. The number of nitrogens with zero attached hydrogens (tertiary/aromatic N) is 1. The summed E-state index contributed by atoms with van der Waals surface area (Å²) < 4.78 is 5.67. The first-order valence-corrected chi connectivity index (χ1v) is 6.88. The maximum absolute atomic E-state index is 5.95. The highest BCUT2D eigenvalue weighted by Crippen LogP contribution is 2.27. The van der Waals surface area contributed by atoms with E-state index in [9.17, 15) is 0 Å². The highest BCUT2D eigenvalue weighted by molar-refractivity contribution is 5.60. The molecule has 0 aliphatic carbocycles. The minimum Gasteiger partial charge on any atom is -0.493 e. The number of nitrogen functional groups attached to an aromatic ring is 1. The zero-order valence-corrected chi connectivity index (χ0v) is 12.1. The Morgan fingerprint density at radius 3 is 2.39 bits per heavy atom. The molecule has 0 amide bonds. The van der Waals surface area contributed by atoms with Gasteiger partial charge in [0, 0.05) is 36.6 Å². The molecule has 0 aliphatic rings. The van der Waals surface area contributed by atoms with Crippen LogP contribution in [0.5, 0.6) is 5.75 Å². The molecule has 1 aromatic carbocycles. The van der Waals surface area contributed by atoms with Gasteiger partial charge in [-0.25, -0.2) is 0 Å². The Morgan fingerprint density at radius 1 is 1.17 bits per heavy atom. The van der Waals surface area contributed by atoms with Gasteiger partial charge >= 0.3 is 0 Å². The number of rotatable bonds is 7. The highest BCUT2D eigenvalue weighted by atomic mass is 16.5. The summed E-state index contributed by atoms with van der Waals surface area (Å²) in [6.45, 7) is 7.26. The lowest BCUT2D eigenvalue weighted by Crippen LogP contribution is -2.30. The Bertz CT molecular complexity index is 362. The lowest BCUT2D eigenvalue weighted by molar-refractivity contribution is 0.317. The van der Waals surface area contributed by atoms with Crippen LogP contribution in [0.2, 0.25) is 0 Å². The lowest BCUT2D eigenvalue weighted by atomic mass is 10.1. The minimum atomic E-state index is 0.547. The van der Waals surface area contributed by atoms with Crippen molar-refractivity contribution >= 4 is 11.4 Å². The molecule has 0 unspecified atom stereocenters. The van der Waals surface area contributed by atoms with E-state index in [4.69, 9.17) is 10.5 Å². The van der Waals surface area contributed by atoms with E-state index in [2.05, 4.69) is 38.8 Å². The molecule has 0 saturated heterocycles. The van der Waals surface area contributed by atoms with Crippen LogP contribution in [0.4, 0.5) is 11.4 Å². The van der Waals surface area contributed by atoms with E-state index < -0.39 is 0 Å². The molecule has 3 heteroatoms. The molecular weight excluding hydrogens is 224 g/mol. The third-order valence-electron chi connectivity index (χ3n) is 3.28. The van der Waals surface area contributed by atoms with Gasteiger partial charge in [-0.3, -0.25) is 0 Å². The second-order valence-corrected chi connectivity index (χ2v) is 4.69. The topological polar surface area (TPSA) is 38.5 Å². The number of hydrogen-bond acceptors (Lipinski definition) is 3. The van der Waals surface area contributed by atoms with Crippen LogP contribution in [-0.4, -0.2) is 19.7 Å². The first-order chi connectivity index (χ1) is 8.62. The molecule has 0 fully saturated rings. The monoisotopic (exact) mass is 250 g/mol. The molecule has 0 atom stereocenters. The summed E-state index contributed by atoms with van der Waals surface area (Å²) in [7, 11) is 2.12. The fraction of sp³-hybridized carbons (Fsp3) is 0.600. The van der Waals surface area contributed by atoms with Crippen molar-refractivity contribution in [2.75, 3.05) is 24.3 Å². The molecule has 0 radical (unpaired) electrons. The summed E-state index contributed by atoms with van der Waals surface area (Å²) in [6, 6.07) is 6.52. The quantitative estimate of drug-likeness (QED) is 0.750. The molecule has 0 aliphatic heterocycles. The van der Waals surface area contributed by atoms with Gasteiger partial charge in [0.15, 0.2) is 0 Å². The van der Waals surface area contributed by atoms with Crippen LogP contribution in [0.3, 0.4) is 0 Å². The van der Waals surface area contributed by atoms with Gasteiger partial charge < -0.3 is 15.4 Å². The first-order valence-electron chi connectivity index (χ1n) is 6.88. The molecule has 2 N–H and O–H groups in total. The standard InChI is InChI=1S/C15H26N2O/c1-5-8-18-15-10-12(16)9-14(11-15)17(4)13(6-2)7-3/h9-11,13H,5-8,16H2,1-4H3. The molecule has 0 aromatic heterocycles. The third-order valence-corrected chi connectivity index (χ3v) is 3.28. The number of ether oxygens (including phenoxy) is 1. The lowest BCUT2D eigenvalue weighted by Gasteiger charge is -2.29. The maximum atomic E-state index is 5.95. The Morgan fingerprint density at radius 2 is 1.83 bits per heavy atom. The van der Waals surface area contributed by atoms with E-state index in [-0.39, 0.29) is 0 Å². The average molecular weight is 250 g/mol. The number of nitrogens with two attached hydrogens (primary N) is 1. The van der Waals surface area contributed by atoms with E-state index in [1.165, 1.54) is 0 Å². The molecule has 0 saturated carbocycles. The second kappa shape index (κ2) is 7.14. The van der Waals surface area contributed by atoms with Crippen LogP contribution < -0.4 is 15.4 Å². The van der Waals surface area contributed by atoms with Gasteiger partial charge in [-0.2, -0.15) is 0 Å². The van der Waals surface area contributed by atoms with Crippen molar-refractivity contribution in [2.45, 2.75) is 46.1 Å². The third kappa shape index (κ3) is 3.83. The van der Waals surface area contributed by atoms with Gasteiger partial charge in [-0.05, 0) is 25.3 Å². The van der Waals surface area contributed by atoms with Crippen LogP contribution in [0.15, 0.2) is 18.2 Å². The van der Waals surface area contributed by atoms with Crippen molar-refractivity contribution < 1.29 is 4.74 Å². The van der Waals surface area contributed by atoms with Gasteiger partial charge in [0.25, 0.3) is 0 Å². The fourth-order valence-electron chi connectivity index (χ4n) is 2.16. The van der Waals surface area contributed by atoms with Gasteiger partial charge in [-0.1, -0.05) is 20.8 Å². The summed E-state index contributed by atoms with van der Waals surface area (Å²) in [5.74, 6) is 0.865. The van der Waals surface area contributed by atoms with Gasteiger partial charge in [-0.15, -0.1) is 0 Å². The van der Waals surface area contributed by atoms with E-state index >= 15 is 0 Å². The molecule has 0 heterocycles. The minimum absolute atomic E-state index is 0.547. The van der Waals surface area contributed by atoms with Crippen molar-refractivity contribution in [2.24, 2.45) is 0 Å². The maximum Gasteiger partial charge on any atom is 0.123 e. The number of anilines is 2. The van der Waals surface area contributed by atoms with E-state index in [1.807, 2.05) is 12.1 Å². The van der Waals surface area contributed by atoms with E-state index in [0.29, 0.717) is 6.04 Å². The van der Waals surface area contributed by atoms with Gasteiger partial charge in [0.2, 0.25) is 0 Å². The van der Waals surface area contributed by atoms with Crippen LogP contribution in [0.1, 0.15) is 40.0 Å². The molecule has 1 rings (SSSR count). The van der Waals surface area contributed by atoms with E-state index in [1.54, 1.807) is 0 Å². The normalized spacial score (nSPS) is 10.7. The molecule has 0 bridgehead atoms. The predicted octanol–water partition coefficient (Wildman–Crippen LogP) is 3.68. The Kier molecular flexibility index (Phi) is 5.83. The predicted molar refractivity (Wildman–Crippen MR) is 79.4 cm³/mol. The van der Waals surface area contributed by atoms with Crippen LogP contribution in [0, 0.1) is 0 Å². The van der Waals surface area contributed by atoms with Gasteiger partial charge in [0.1, 0.15) is 5.75 Å². The Balaban J connectivity index is 2.90. The summed E-state index contributed by atoms with van der Waals surface area (Å²) in [6.07, 6.45) is 3.27. The smallest absolute Gasteiger partial charge is 0.123 e. The molecule has 18 heavy (non-hydrogen) atoms. The second-order valence-electron chi connectivity index (χ2n) is 4.69. The van der Waals surface area contributed by atoms with Crippen molar-refractivity contribution in [1.29, 1.82) is 0 Å². The zero-order valence-electron chi connectivity index (χ0n) is 12.1. The Labute approximate surface area is 111 Å².